The van der Waals surface area contributed by atoms with Crippen molar-refractivity contribution in [3.8, 4) is 11.5 Å². The van der Waals surface area contributed by atoms with Gasteiger partial charge in [0.1, 0.15) is 0 Å². The highest BCUT2D eigenvalue weighted by Gasteiger charge is 2.17. The molecular weight excluding hydrogens is 222 g/mol. The van der Waals surface area contributed by atoms with Crippen LogP contribution in [0.2, 0.25) is 0 Å². The highest BCUT2D eigenvalue weighted by molar-refractivity contribution is 5.67. The molecule has 0 aromatic heterocycles. The average molecular weight is 237 g/mol. The predicted octanol–water partition coefficient (Wildman–Crippen LogP) is 1.92. The van der Waals surface area contributed by atoms with Gasteiger partial charge >= 0.3 is 6.09 Å². The van der Waals surface area contributed by atoms with E-state index in [1.54, 1.807) is 7.05 Å². The van der Waals surface area contributed by atoms with E-state index in [2.05, 4.69) is 4.74 Å². The molecule has 0 atom stereocenters. The van der Waals surface area contributed by atoms with E-state index in [1.165, 1.54) is 12.0 Å². The molecule has 0 bridgehead atoms. The molecule has 0 radical (unpaired) electrons. The molecule has 1 aromatic rings. The van der Waals surface area contributed by atoms with E-state index >= 15 is 0 Å². The monoisotopic (exact) mass is 237 g/mol. The van der Waals surface area contributed by atoms with Crippen molar-refractivity contribution in [1.29, 1.82) is 0 Å². The summed E-state index contributed by atoms with van der Waals surface area (Å²) in [5, 5.41) is 0. The topological polar surface area (TPSA) is 48.0 Å². The molecule has 0 N–H and O–H groups in total. The van der Waals surface area contributed by atoms with Gasteiger partial charge in [0.2, 0.25) is 6.79 Å². The zero-order valence-corrected chi connectivity index (χ0v) is 10.1. The van der Waals surface area contributed by atoms with Gasteiger partial charge in [-0.05, 0) is 30.2 Å². The van der Waals surface area contributed by atoms with Crippen molar-refractivity contribution in [2.24, 2.45) is 0 Å². The Morgan fingerprint density at radius 2 is 2.06 bits per heavy atom. The molecule has 17 heavy (non-hydrogen) atoms. The number of carbonyl (C=O) groups is 1. The molecule has 1 heterocycles. The average Bonchev–Trinajstić information content (AvgIpc) is 2.75. The SMILES string of the molecule is COC(=O)N(C)Cc1cc2c(cc1C)OCO2. The second-order valence-corrected chi connectivity index (χ2v) is 3.96. The third-order valence-electron chi connectivity index (χ3n) is 2.72. The van der Waals surface area contributed by atoms with E-state index in [9.17, 15) is 4.79 Å². The van der Waals surface area contributed by atoms with E-state index in [-0.39, 0.29) is 12.9 Å². The van der Waals surface area contributed by atoms with Gasteiger partial charge in [0.05, 0.1) is 7.11 Å². The van der Waals surface area contributed by atoms with Crippen LogP contribution in [-0.2, 0) is 11.3 Å². The summed E-state index contributed by atoms with van der Waals surface area (Å²) in [5.41, 5.74) is 2.08. The van der Waals surface area contributed by atoms with Crippen LogP contribution in [0, 0.1) is 6.92 Å². The number of methoxy groups -OCH3 is 1. The lowest BCUT2D eigenvalue weighted by Crippen LogP contribution is -2.26. The van der Waals surface area contributed by atoms with Crippen LogP contribution in [-0.4, -0.2) is 31.9 Å². The van der Waals surface area contributed by atoms with Gasteiger partial charge in [-0.25, -0.2) is 4.79 Å². The van der Waals surface area contributed by atoms with E-state index in [0.717, 1.165) is 22.6 Å². The number of aryl methyl sites for hydroxylation is 1. The Labute approximate surface area is 99.9 Å². The van der Waals surface area contributed by atoms with Gasteiger partial charge in [0.25, 0.3) is 0 Å². The van der Waals surface area contributed by atoms with Crippen LogP contribution in [0.15, 0.2) is 12.1 Å². The standard InChI is InChI=1S/C12H15NO4/c1-8-4-10-11(17-7-16-10)5-9(8)6-13(2)12(14)15-3/h4-5H,6-7H2,1-3H3. The van der Waals surface area contributed by atoms with Crippen LogP contribution < -0.4 is 9.47 Å². The smallest absolute Gasteiger partial charge is 0.409 e. The molecule has 92 valence electrons. The first-order valence-corrected chi connectivity index (χ1v) is 5.30. The minimum Gasteiger partial charge on any atom is -0.454 e. The molecule has 1 aliphatic rings. The number of fused-ring (bicyclic) bond motifs is 1. The zero-order chi connectivity index (χ0) is 12.4. The summed E-state index contributed by atoms with van der Waals surface area (Å²) in [4.78, 5) is 12.8. The Bertz CT molecular complexity index is 444. The summed E-state index contributed by atoms with van der Waals surface area (Å²) in [6.45, 7) is 2.71. The van der Waals surface area contributed by atoms with Crippen molar-refractivity contribution >= 4 is 6.09 Å². The Morgan fingerprint density at radius 1 is 1.41 bits per heavy atom. The van der Waals surface area contributed by atoms with E-state index in [1.807, 2.05) is 19.1 Å². The largest absolute Gasteiger partial charge is 0.454 e. The molecule has 0 fully saturated rings. The lowest BCUT2D eigenvalue weighted by Gasteiger charge is -2.17. The van der Waals surface area contributed by atoms with Crippen molar-refractivity contribution in [2.45, 2.75) is 13.5 Å². The number of rotatable bonds is 2. The van der Waals surface area contributed by atoms with Crippen LogP contribution >= 0.6 is 0 Å². The van der Waals surface area contributed by atoms with Crippen LogP contribution in [0.4, 0.5) is 4.79 Å². The molecule has 5 heteroatoms. The summed E-state index contributed by atoms with van der Waals surface area (Å²) >= 11 is 0. The molecule has 5 nitrogen and oxygen atoms in total. The fraction of sp³-hybridized carbons (Fsp3) is 0.417. The van der Waals surface area contributed by atoms with Crippen molar-refractivity contribution in [2.75, 3.05) is 21.0 Å². The van der Waals surface area contributed by atoms with Crippen molar-refractivity contribution in [3.63, 3.8) is 0 Å². The highest BCUT2D eigenvalue weighted by atomic mass is 16.7. The van der Waals surface area contributed by atoms with Gasteiger partial charge in [-0.3, -0.25) is 0 Å². The van der Waals surface area contributed by atoms with Gasteiger partial charge in [0, 0.05) is 13.6 Å². The summed E-state index contributed by atoms with van der Waals surface area (Å²) in [5.74, 6) is 1.48. The Morgan fingerprint density at radius 3 is 2.71 bits per heavy atom. The molecule has 2 rings (SSSR count). The normalized spacial score (nSPS) is 12.4. The second kappa shape index (κ2) is 4.53. The number of carbonyl (C=O) groups excluding carboxylic acids is 1. The Kier molecular flexibility index (Phi) is 3.08. The molecule has 0 spiro atoms. The van der Waals surface area contributed by atoms with Crippen LogP contribution in [0.1, 0.15) is 11.1 Å². The highest BCUT2D eigenvalue weighted by Crippen LogP contribution is 2.34. The molecule has 0 aliphatic carbocycles. The number of amides is 1. The third-order valence-corrected chi connectivity index (χ3v) is 2.72. The van der Waals surface area contributed by atoms with Gasteiger partial charge in [-0.2, -0.15) is 0 Å². The summed E-state index contributed by atoms with van der Waals surface area (Å²) in [6.07, 6.45) is -0.359. The second-order valence-electron chi connectivity index (χ2n) is 3.96. The minimum atomic E-state index is -0.359. The molecular formula is C12H15NO4. The lowest BCUT2D eigenvalue weighted by molar-refractivity contribution is 0.131. The van der Waals surface area contributed by atoms with Crippen molar-refractivity contribution < 1.29 is 19.0 Å². The zero-order valence-electron chi connectivity index (χ0n) is 10.1. The number of ether oxygens (including phenoxy) is 3. The number of nitrogens with zero attached hydrogens (tertiary/aromatic N) is 1. The molecule has 1 amide bonds. The minimum absolute atomic E-state index is 0.255. The first kappa shape index (κ1) is 11.6. The van der Waals surface area contributed by atoms with Gasteiger partial charge in [-0.15, -0.1) is 0 Å². The van der Waals surface area contributed by atoms with E-state index in [0.29, 0.717) is 6.54 Å². The van der Waals surface area contributed by atoms with Crippen LogP contribution in [0.5, 0.6) is 11.5 Å². The molecule has 0 saturated heterocycles. The van der Waals surface area contributed by atoms with Crippen LogP contribution in [0.25, 0.3) is 0 Å². The maximum atomic E-state index is 11.3. The number of hydrogen-bond donors (Lipinski definition) is 0. The van der Waals surface area contributed by atoms with Gasteiger partial charge in [0.15, 0.2) is 11.5 Å². The van der Waals surface area contributed by atoms with Crippen LogP contribution in [0.3, 0.4) is 0 Å². The van der Waals surface area contributed by atoms with E-state index in [4.69, 9.17) is 9.47 Å². The fourth-order valence-electron chi connectivity index (χ4n) is 1.73. The lowest BCUT2D eigenvalue weighted by atomic mass is 10.1. The molecule has 1 aliphatic heterocycles. The van der Waals surface area contributed by atoms with Gasteiger partial charge in [-0.1, -0.05) is 0 Å². The number of benzene rings is 1. The summed E-state index contributed by atoms with van der Waals surface area (Å²) < 4.78 is 15.2. The predicted molar refractivity (Wildman–Crippen MR) is 61.2 cm³/mol. The summed E-state index contributed by atoms with van der Waals surface area (Å²) in [7, 11) is 3.06. The molecule has 1 aromatic carbocycles. The fourth-order valence-corrected chi connectivity index (χ4v) is 1.73. The molecule has 0 saturated carbocycles. The van der Waals surface area contributed by atoms with Gasteiger partial charge < -0.3 is 19.1 Å². The third kappa shape index (κ3) is 2.27. The van der Waals surface area contributed by atoms with E-state index < -0.39 is 0 Å². The molecule has 0 unspecified atom stereocenters. The number of hydrogen-bond acceptors (Lipinski definition) is 4. The first-order chi connectivity index (χ1) is 8.11. The Hall–Kier alpha value is -1.91. The van der Waals surface area contributed by atoms with Crippen molar-refractivity contribution in [3.05, 3.63) is 23.3 Å². The Balaban J connectivity index is 2.19. The van der Waals surface area contributed by atoms with Crippen molar-refractivity contribution in [1.82, 2.24) is 4.90 Å². The quantitative estimate of drug-likeness (QED) is 0.788. The first-order valence-electron chi connectivity index (χ1n) is 5.30. The summed E-state index contributed by atoms with van der Waals surface area (Å²) in [6, 6.07) is 3.82. The maximum Gasteiger partial charge on any atom is 0.409 e. The maximum absolute atomic E-state index is 11.3.